The number of nitrogens with zero attached hydrogens (tertiary/aromatic N) is 1. The summed E-state index contributed by atoms with van der Waals surface area (Å²) < 4.78 is 18.0. The summed E-state index contributed by atoms with van der Waals surface area (Å²) in [6.45, 7) is 5.11. The average Bonchev–Trinajstić information content (AvgIpc) is 3.15. The van der Waals surface area contributed by atoms with Crippen LogP contribution in [0.4, 0.5) is 0 Å². The Morgan fingerprint density at radius 1 is 1.10 bits per heavy atom. The highest BCUT2D eigenvalue weighted by Crippen LogP contribution is 2.79. The van der Waals surface area contributed by atoms with Crippen molar-refractivity contribution in [2.45, 2.75) is 69.0 Å². The third kappa shape index (κ3) is 2.00. The summed E-state index contributed by atoms with van der Waals surface area (Å²) in [7, 11) is 5.48. The van der Waals surface area contributed by atoms with Crippen molar-refractivity contribution in [3.8, 4) is 0 Å². The normalized spacial score (nSPS) is 60.8. The standard InChI is InChI=1S/C24H39NO5/c1-5-25-11-22(12-28-2)7-6-18(30-4)24-14-8-13-16(29-3)10-23(27,19(14)20(13)26)15(21(24)25)9-17(22)24/h13-21,26-27H,5-12H2,1-4H3/t13-,14?,15+,16+,17?,18+,19?,20+,21?,22+,23+,24-/m1/s1. The molecule has 30 heavy (non-hydrogen) atoms. The maximum atomic E-state index is 12.4. The molecule has 0 aromatic rings. The maximum absolute atomic E-state index is 12.4. The van der Waals surface area contributed by atoms with E-state index >= 15 is 0 Å². The van der Waals surface area contributed by atoms with Crippen LogP contribution in [-0.2, 0) is 14.2 Å². The summed E-state index contributed by atoms with van der Waals surface area (Å²) in [4.78, 5) is 2.67. The highest BCUT2D eigenvalue weighted by Gasteiger charge is 2.83. The number of aliphatic hydroxyl groups is 2. The molecule has 6 fully saturated rings. The minimum absolute atomic E-state index is 0.000283. The summed E-state index contributed by atoms with van der Waals surface area (Å²) in [5.74, 6) is 1.03. The number of likely N-dealkylation sites (tertiary alicyclic amines) is 1. The topological polar surface area (TPSA) is 71.4 Å². The van der Waals surface area contributed by atoms with Crippen LogP contribution in [0.3, 0.4) is 0 Å². The molecule has 0 aromatic carbocycles. The minimum Gasteiger partial charge on any atom is -0.392 e. The average molecular weight is 422 g/mol. The molecule has 5 aliphatic carbocycles. The van der Waals surface area contributed by atoms with Gasteiger partial charge in [0.1, 0.15) is 0 Å². The molecule has 1 aliphatic heterocycles. The number of ether oxygens (including phenoxy) is 3. The van der Waals surface area contributed by atoms with E-state index in [0.29, 0.717) is 18.4 Å². The van der Waals surface area contributed by atoms with E-state index in [2.05, 4.69) is 11.8 Å². The molecule has 4 unspecified atom stereocenters. The SMILES string of the molecule is CCN1C[C@]2(COC)CC[C@H](OC)[C@@]34C5C[C@@H]6[C@@H](OC)C[C@@](O)(C5[C@H]6O)[C@@H](CC23)C14. The van der Waals surface area contributed by atoms with E-state index in [1.165, 1.54) is 0 Å². The Bertz CT molecular complexity index is 720. The van der Waals surface area contributed by atoms with Crippen molar-refractivity contribution < 1.29 is 24.4 Å². The summed E-state index contributed by atoms with van der Waals surface area (Å²) in [5, 5.41) is 23.8. The van der Waals surface area contributed by atoms with E-state index in [0.717, 1.165) is 45.4 Å². The van der Waals surface area contributed by atoms with Gasteiger partial charge in [-0.3, -0.25) is 4.90 Å². The fraction of sp³-hybridized carbons (Fsp3) is 1.00. The predicted octanol–water partition coefficient (Wildman–Crippen LogP) is 1.53. The molecular formula is C24H39NO5. The van der Waals surface area contributed by atoms with Gasteiger partial charge in [0.25, 0.3) is 0 Å². The van der Waals surface area contributed by atoms with Gasteiger partial charge in [0, 0.05) is 68.9 Å². The quantitative estimate of drug-likeness (QED) is 0.702. The zero-order valence-electron chi connectivity index (χ0n) is 18.9. The Hall–Kier alpha value is -0.240. The van der Waals surface area contributed by atoms with Gasteiger partial charge in [-0.1, -0.05) is 6.92 Å². The van der Waals surface area contributed by atoms with Crippen LogP contribution in [-0.4, -0.2) is 86.1 Å². The molecule has 0 amide bonds. The highest BCUT2D eigenvalue weighted by atomic mass is 16.5. The molecule has 6 nitrogen and oxygen atoms in total. The number of piperidine rings is 1. The molecule has 1 saturated heterocycles. The zero-order valence-corrected chi connectivity index (χ0v) is 18.9. The molecule has 5 saturated carbocycles. The fourth-order valence-electron chi connectivity index (χ4n) is 10.7. The Balaban J connectivity index is 1.58. The van der Waals surface area contributed by atoms with Crippen LogP contribution in [0.5, 0.6) is 0 Å². The molecule has 1 heterocycles. The highest BCUT2D eigenvalue weighted by molar-refractivity contribution is 5.33. The number of aliphatic hydroxyl groups excluding tert-OH is 1. The van der Waals surface area contributed by atoms with E-state index in [4.69, 9.17) is 14.2 Å². The van der Waals surface area contributed by atoms with Crippen LogP contribution >= 0.6 is 0 Å². The van der Waals surface area contributed by atoms with E-state index in [1.807, 2.05) is 14.2 Å². The number of methoxy groups -OCH3 is 3. The lowest BCUT2D eigenvalue weighted by Crippen LogP contribution is -2.76. The van der Waals surface area contributed by atoms with Crippen molar-refractivity contribution in [3.05, 3.63) is 0 Å². The summed E-state index contributed by atoms with van der Waals surface area (Å²) in [5.41, 5.74) is -0.719. The first kappa shape index (κ1) is 20.4. The van der Waals surface area contributed by atoms with Crippen LogP contribution in [0.25, 0.3) is 0 Å². The number of hydrogen-bond donors (Lipinski definition) is 2. The lowest BCUT2D eigenvalue weighted by molar-refractivity contribution is -0.276. The van der Waals surface area contributed by atoms with Crippen molar-refractivity contribution in [1.29, 1.82) is 0 Å². The minimum atomic E-state index is -0.847. The van der Waals surface area contributed by atoms with Crippen molar-refractivity contribution in [2.24, 2.45) is 40.4 Å². The smallest absolute Gasteiger partial charge is 0.0771 e. The summed E-state index contributed by atoms with van der Waals surface area (Å²) >= 11 is 0. The molecule has 6 aliphatic rings. The van der Waals surface area contributed by atoms with Gasteiger partial charge < -0.3 is 24.4 Å². The molecule has 6 heteroatoms. The van der Waals surface area contributed by atoms with Gasteiger partial charge in [0.2, 0.25) is 0 Å². The van der Waals surface area contributed by atoms with Gasteiger partial charge in [-0.25, -0.2) is 0 Å². The molecule has 7 bridgehead atoms. The van der Waals surface area contributed by atoms with Crippen molar-refractivity contribution >= 4 is 0 Å². The molecular weight excluding hydrogens is 382 g/mol. The lowest BCUT2D eigenvalue weighted by atomic mass is 9.43. The Morgan fingerprint density at radius 3 is 2.57 bits per heavy atom. The Morgan fingerprint density at radius 2 is 1.90 bits per heavy atom. The first-order chi connectivity index (χ1) is 14.4. The van der Waals surface area contributed by atoms with Gasteiger partial charge in [-0.05, 0) is 44.1 Å². The molecule has 12 atom stereocenters. The van der Waals surface area contributed by atoms with Gasteiger partial charge >= 0.3 is 0 Å². The molecule has 6 rings (SSSR count). The lowest BCUT2D eigenvalue weighted by Gasteiger charge is -2.69. The first-order valence-electron chi connectivity index (χ1n) is 12.1. The largest absolute Gasteiger partial charge is 0.392 e. The summed E-state index contributed by atoms with van der Waals surface area (Å²) in [6.07, 6.45) is 4.52. The van der Waals surface area contributed by atoms with Gasteiger partial charge in [-0.2, -0.15) is 0 Å². The van der Waals surface area contributed by atoms with E-state index in [1.54, 1.807) is 7.11 Å². The van der Waals surface area contributed by atoms with Crippen LogP contribution < -0.4 is 0 Å². The number of rotatable bonds is 5. The zero-order chi connectivity index (χ0) is 21.1. The third-order valence-corrected chi connectivity index (χ3v) is 11.2. The molecule has 1 spiro atoms. The van der Waals surface area contributed by atoms with Crippen molar-refractivity contribution in [1.82, 2.24) is 4.90 Å². The monoisotopic (exact) mass is 421 g/mol. The second-order valence-corrected chi connectivity index (χ2v) is 11.5. The van der Waals surface area contributed by atoms with Crippen LogP contribution in [0.1, 0.15) is 39.0 Å². The van der Waals surface area contributed by atoms with Crippen molar-refractivity contribution in [3.63, 3.8) is 0 Å². The Labute approximate surface area is 180 Å². The third-order valence-electron chi connectivity index (χ3n) is 11.2. The second kappa shape index (κ2) is 6.42. The van der Waals surface area contributed by atoms with Crippen molar-refractivity contribution in [2.75, 3.05) is 41.0 Å². The first-order valence-corrected chi connectivity index (χ1v) is 12.1. The van der Waals surface area contributed by atoms with Crippen LogP contribution in [0.15, 0.2) is 0 Å². The molecule has 170 valence electrons. The molecule has 0 aromatic heterocycles. The van der Waals surface area contributed by atoms with E-state index in [-0.39, 0.29) is 46.7 Å². The van der Waals surface area contributed by atoms with E-state index in [9.17, 15) is 10.2 Å². The summed E-state index contributed by atoms with van der Waals surface area (Å²) in [6, 6.07) is 0.329. The number of fused-ring (bicyclic) bond motifs is 2. The van der Waals surface area contributed by atoms with Gasteiger partial charge in [-0.15, -0.1) is 0 Å². The van der Waals surface area contributed by atoms with Gasteiger partial charge in [0.05, 0.1) is 30.5 Å². The number of hydrogen-bond acceptors (Lipinski definition) is 6. The van der Waals surface area contributed by atoms with Gasteiger partial charge in [0.15, 0.2) is 0 Å². The predicted molar refractivity (Wildman–Crippen MR) is 111 cm³/mol. The van der Waals surface area contributed by atoms with E-state index < -0.39 is 11.7 Å². The second-order valence-electron chi connectivity index (χ2n) is 11.5. The van der Waals surface area contributed by atoms with Crippen LogP contribution in [0.2, 0.25) is 0 Å². The Kier molecular flexibility index (Phi) is 4.36. The molecule has 2 N–H and O–H groups in total. The molecule has 0 radical (unpaired) electrons. The maximum Gasteiger partial charge on any atom is 0.0771 e. The fourth-order valence-corrected chi connectivity index (χ4v) is 10.7. The van der Waals surface area contributed by atoms with Crippen LogP contribution in [0, 0.1) is 40.4 Å².